The molecule has 0 heterocycles. The van der Waals surface area contributed by atoms with E-state index in [2.05, 4.69) is 5.32 Å². The van der Waals surface area contributed by atoms with Crippen LogP contribution in [0.2, 0.25) is 0 Å². The molecule has 0 spiro atoms. The lowest BCUT2D eigenvalue weighted by atomic mass is 9.68. The van der Waals surface area contributed by atoms with Crippen molar-refractivity contribution in [3.8, 4) is 5.75 Å². The smallest absolute Gasteiger partial charge is 0.232 e. The lowest BCUT2D eigenvalue weighted by Gasteiger charge is -2.38. The summed E-state index contributed by atoms with van der Waals surface area (Å²) in [5, 5.41) is 12.0. The van der Waals surface area contributed by atoms with Gasteiger partial charge >= 0.3 is 0 Å². The van der Waals surface area contributed by atoms with E-state index in [1.165, 1.54) is 12.1 Å². The molecule has 0 saturated heterocycles. The Bertz CT molecular complexity index is 466. The summed E-state index contributed by atoms with van der Waals surface area (Å²) in [4.78, 5) is 12.0. The lowest BCUT2D eigenvalue weighted by molar-refractivity contribution is -0.133. The Labute approximate surface area is 111 Å². The van der Waals surface area contributed by atoms with Crippen molar-refractivity contribution in [1.29, 1.82) is 0 Å². The quantitative estimate of drug-likeness (QED) is 0.860. The number of anilines is 1. The highest BCUT2D eigenvalue weighted by molar-refractivity contribution is 5.96. The number of aliphatic hydroxyl groups excluding tert-OH is 1. The fraction of sp³-hybridized carbons (Fsp3) is 0.500. The van der Waals surface area contributed by atoms with Crippen LogP contribution in [0.3, 0.4) is 0 Å². The van der Waals surface area contributed by atoms with Gasteiger partial charge in [-0.15, -0.1) is 0 Å². The summed E-state index contributed by atoms with van der Waals surface area (Å²) >= 11 is 0. The zero-order chi connectivity index (χ0) is 13.9. The molecule has 0 unspecified atom stereocenters. The summed E-state index contributed by atoms with van der Waals surface area (Å²) in [6.07, 6.45) is 2.29. The van der Waals surface area contributed by atoms with E-state index < -0.39 is 11.2 Å². The summed E-state index contributed by atoms with van der Waals surface area (Å²) in [5.74, 6) is -0.586. The number of carbonyl (C=O) groups is 1. The summed E-state index contributed by atoms with van der Waals surface area (Å²) in [5.41, 5.74) is -0.305. The molecule has 1 amide bonds. The number of carbonyl (C=O) groups excluding carboxylic acids is 1. The molecule has 0 aromatic heterocycles. The van der Waals surface area contributed by atoms with E-state index in [9.17, 15) is 14.3 Å². The van der Waals surface area contributed by atoms with Crippen LogP contribution in [0.15, 0.2) is 18.2 Å². The minimum absolute atomic E-state index is 0.168. The van der Waals surface area contributed by atoms with Crippen molar-refractivity contribution < 1.29 is 19.0 Å². The maximum absolute atomic E-state index is 13.6. The molecule has 104 valence electrons. The fourth-order valence-electron chi connectivity index (χ4n) is 2.18. The van der Waals surface area contributed by atoms with Crippen molar-refractivity contribution >= 4 is 11.6 Å². The number of nitrogens with one attached hydrogen (secondary N) is 1. The molecule has 4 nitrogen and oxygen atoms in total. The van der Waals surface area contributed by atoms with Crippen LogP contribution in [0.4, 0.5) is 10.1 Å². The third-order valence-corrected chi connectivity index (χ3v) is 3.58. The molecule has 2 rings (SSSR count). The summed E-state index contributed by atoms with van der Waals surface area (Å²) in [6, 6.07) is 4.31. The van der Waals surface area contributed by atoms with Gasteiger partial charge in [0.15, 0.2) is 11.6 Å². The van der Waals surface area contributed by atoms with Gasteiger partial charge in [-0.25, -0.2) is 4.39 Å². The minimum Gasteiger partial charge on any atom is -0.491 e. The summed E-state index contributed by atoms with van der Waals surface area (Å²) < 4.78 is 18.7. The van der Waals surface area contributed by atoms with Gasteiger partial charge in [0.05, 0.1) is 18.6 Å². The SMILES string of the molecule is CCOc1ccc(NC(=O)C2(CO)CCC2)cc1F. The van der Waals surface area contributed by atoms with Crippen LogP contribution in [0.1, 0.15) is 26.2 Å². The van der Waals surface area contributed by atoms with Crippen molar-refractivity contribution in [3.05, 3.63) is 24.0 Å². The molecule has 0 bridgehead atoms. The van der Waals surface area contributed by atoms with Crippen LogP contribution in [0.25, 0.3) is 0 Å². The molecule has 1 aromatic rings. The number of benzene rings is 1. The van der Waals surface area contributed by atoms with Gasteiger partial charge in [0.1, 0.15) is 0 Å². The highest BCUT2D eigenvalue weighted by Crippen LogP contribution is 2.41. The van der Waals surface area contributed by atoms with Gasteiger partial charge in [0.2, 0.25) is 5.91 Å². The van der Waals surface area contributed by atoms with Crippen molar-refractivity contribution in [2.24, 2.45) is 5.41 Å². The molecule has 1 aliphatic rings. The Balaban J connectivity index is 2.07. The zero-order valence-corrected chi connectivity index (χ0v) is 10.9. The molecule has 1 saturated carbocycles. The van der Waals surface area contributed by atoms with E-state index in [1.807, 2.05) is 0 Å². The molecule has 5 heteroatoms. The Morgan fingerprint density at radius 1 is 1.53 bits per heavy atom. The molecule has 1 aromatic carbocycles. The average Bonchev–Trinajstić information content (AvgIpc) is 2.32. The van der Waals surface area contributed by atoms with Gasteiger partial charge in [0, 0.05) is 11.8 Å². The molecular weight excluding hydrogens is 249 g/mol. The highest BCUT2D eigenvalue weighted by atomic mass is 19.1. The van der Waals surface area contributed by atoms with E-state index in [1.54, 1.807) is 13.0 Å². The van der Waals surface area contributed by atoms with Gasteiger partial charge in [0.25, 0.3) is 0 Å². The van der Waals surface area contributed by atoms with Crippen LogP contribution in [0, 0.1) is 11.2 Å². The standard InChI is InChI=1S/C14H18FNO3/c1-2-19-12-5-4-10(8-11(12)15)16-13(18)14(9-17)6-3-7-14/h4-5,8,17H,2-3,6-7,9H2,1H3,(H,16,18). The number of ether oxygens (including phenoxy) is 1. The van der Waals surface area contributed by atoms with Crippen molar-refractivity contribution in [2.45, 2.75) is 26.2 Å². The van der Waals surface area contributed by atoms with Gasteiger partial charge in [-0.2, -0.15) is 0 Å². The molecule has 1 aliphatic carbocycles. The van der Waals surface area contributed by atoms with Crippen molar-refractivity contribution in [3.63, 3.8) is 0 Å². The normalized spacial score (nSPS) is 16.6. The van der Waals surface area contributed by atoms with Crippen LogP contribution in [-0.4, -0.2) is 24.2 Å². The topological polar surface area (TPSA) is 58.6 Å². The molecule has 0 atom stereocenters. The number of rotatable bonds is 5. The van der Waals surface area contributed by atoms with Crippen LogP contribution >= 0.6 is 0 Å². The lowest BCUT2D eigenvalue weighted by Crippen LogP contribution is -2.44. The van der Waals surface area contributed by atoms with Crippen LogP contribution < -0.4 is 10.1 Å². The van der Waals surface area contributed by atoms with Crippen LogP contribution in [-0.2, 0) is 4.79 Å². The molecule has 2 N–H and O–H groups in total. The first kappa shape index (κ1) is 13.8. The summed E-state index contributed by atoms with van der Waals surface area (Å²) in [6.45, 7) is 1.99. The van der Waals surface area contributed by atoms with Crippen molar-refractivity contribution in [2.75, 3.05) is 18.5 Å². The average molecular weight is 267 g/mol. The van der Waals surface area contributed by atoms with E-state index in [0.717, 1.165) is 6.42 Å². The number of aliphatic hydroxyl groups is 1. The largest absolute Gasteiger partial charge is 0.491 e. The maximum Gasteiger partial charge on any atom is 0.232 e. The second-order valence-electron chi connectivity index (χ2n) is 4.82. The predicted molar refractivity (Wildman–Crippen MR) is 69.6 cm³/mol. The third-order valence-electron chi connectivity index (χ3n) is 3.58. The molecule has 19 heavy (non-hydrogen) atoms. The monoisotopic (exact) mass is 267 g/mol. The zero-order valence-electron chi connectivity index (χ0n) is 10.9. The van der Waals surface area contributed by atoms with Gasteiger partial charge in [-0.05, 0) is 31.9 Å². The van der Waals surface area contributed by atoms with Crippen LogP contribution in [0.5, 0.6) is 5.75 Å². The first-order valence-electron chi connectivity index (χ1n) is 6.46. The molecule has 1 fully saturated rings. The number of hydrogen-bond acceptors (Lipinski definition) is 3. The van der Waals surface area contributed by atoms with E-state index >= 15 is 0 Å². The van der Waals surface area contributed by atoms with Crippen molar-refractivity contribution in [1.82, 2.24) is 0 Å². The van der Waals surface area contributed by atoms with Gasteiger partial charge < -0.3 is 15.2 Å². The number of amides is 1. The van der Waals surface area contributed by atoms with Gasteiger partial charge in [-0.3, -0.25) is 4.79 Å². The molecule has 0 aliphatic heterocycles. The Morgan fingerprint density at radius 2 is 2.26 bits per heavy atom. The van der Waals surface area contributed by atoms with E-state index in [-0.39, 0.29) is 18.3 Å². The fourth-order valence-corrected chi connectivity index (χ4v) is 2.18. The Morgan fingerprint density at radius 3 is 2.74 bits per heavy atom. The first-order chi connectivity index (χ1) is 9.11. The van der Waals surface area contributed by atoms with E-state index in [4.69, 9.17) is 4.74 Å². The second-order valence-corrected chi connectivity index (χ2v) is 4.82. The molecule has 0 radical (unpaired) electrons. The predicted octanol–water partition coefficient (Wildman–Crippen LogP) is 2.33. The summed E-state index contributed by atoms with van der Waals surface area (Å²) in [7, 11) is 0. The number of halogens is 1. The Kier molecular flexibility index (Phi) is 4.04. The molecular formula is C14H18FNO3. The van der Waals surface area contributed by atoms with Gasteiger partial charge in [-0.1, -0.05) is 6.42 Å². The third kappa shape index (κ3) is 2.71. The number of hydrogen-bond donors (Lipinski definition) is 2. The minimum atomic E-state index is -0.685. The van der Waals surface area contributed by atoms with E-state index in [0.29, 0.717) is 25.1 Å². The maximum atomic E-state index is 13.6. The first-order valence-corrected chi connectivity index (χ1v) is 6.46. The second kappa shape index (κ2) is 5.57. The Hall–Kier alpha value is -1.62. The highest BCUT2D eigenvalue weighted by Gasteiger charge is 2.43.